The number of hydrogen-bond acceptors (Lipinski definition) is 2. The summed E-state index contributed by atoms with van der Waals surface area (Å²) in [7, 11) is 0. The van der Waals surface area contributed by atoms with E-state index in [0.29, 0.717) is 17.9 Å². The molecule has 1 aromatic heterocycles. The largest absolute Gasteiger partial charge is 0.376 e. The van der Waals surface area contributed by atoms with Crippen molar-refractivity contribution in [1.82, 2.24) is 9.55 Å². The van der Waals surface area contributed by atoms with Gasteiger partial charge >= 0.3 is 0 Å². The summed E-state index contributed by atoms with van der Waals surface area (Å²) in [6.07, 6.45) is 5.28. The number of ether oxygens (including phenoxy) is 1. The fourth-order valence-electron chi connectivity index (χ4n) is 4.25. The van der Waals surface area contributed by atoms with Crippen molar-refractivity contribution in [3.8, 4) is 0 Å². The minimum Gasteiger partial charge on any atom is -0.376 e. The maximum Gasteiger partial charge on any atom is 0.109 e. The van der Waals surface area contributed by atoms with Crippen LogP contribution in [0.15, 0.2) is 24.3 Å². The van der Waals surface area contributed by atoms with Crippen LogP contribution < -0.4 is 0 Å². The lowest BCUT2D eigenvalue weighted by Gasteiger charge is -2.37. The topological polar surface area (TPSA) is 27.1 Å². The molecule has 3 unspecified atom stereocenters. The molecule has 0 bridgehead atoms. The van der Waals surface area contributed by atoms with E-state index in [9.17, 15) is 0 Å². The SMILES string of the molecule is CCc1nc2ccccc2n1CCOC1CC(C)CCC1C(C)C. The number of para-hydroxylation sites is 2. The predicted octanol–water partition coefficient (Wildman–Crippen LogP) is 5.08. The molecule has 3 rings (SSSR count). The van der Waals surface area contributed by atoms with Gasteiger partial charge in [0.05, 0.1) is 23.7 Å². The number of rotatable bonds is 6. The third-order valence-corrected chi connectivity index (χ3v) is 5.66. The number of aromatic nitrogens is 2. The van der Waals surface area contributed by atoms with E-state index in [-0.39, 0.29) is 0 Å². The van der Waals surface area contributed by atoms with E-state index in [1.165, 1.54) is 24.8 Å². The second-order valence-corrected chi connectivity index (χ2v) is 7.76. The highest BCUT2D eigenvalue weighted by Crippen LogP contribution is 2.35. The normalized spacial score (nSPS) is 24.8. The molecule has 1 aliphatic rings. The summed E-state index contributed by atoms with van der Waals surface area (Å²) in [5, 5.41) is 0. The number of nitrogens with zero attached hydrogens (tertiary/aromatic N) is 2. The average Bonchev–Trinajstić information content (AvgIpc) is 2.93. The maximum atomic E-state index is 6.40. The summed E-state index contributed by atoms with van der Waals surface area (Å²) in [5.74, 6) is 3.39. The van der Waals surface area contributed by atoms with Crippen LogP contribution in [0.25, 0.3) is 11.0 Å². The van der Waals surface area contributed by atoms with Crippen LogP contribution >= 0.6 is 0 Å². The van der Waals surface area contributed by atoms with Crippen LogP contribution in [0.1, 0.15) is 52.8 Å². The fourth-order valence-corrected chi connectivity index (χ4v) is 4.25. The van der Waals surface area contributed by atoms with Gasteiger partial charge in [-0.2, -0.15) is 0 Å². The molecule has 24 heavy (non-hydrogen) atoms. The van der Waals surface area contributed by atoms with Crippen LogP contribution in [0.3, 0.4) is 0 Å². The molecule has 0 saturated heterocycles. The first-order valence-electron chi connectivity index (χ1n) is 9.65. The lowest BCUT2D eigenvalue weighted by atomic mass is 9.75. The van der Waals surface area contributed by atoms with Gasteiger partial charge in [0.15, 0.2) is 0 Å². The molecule has 0 N–H and O–H groups in total. The summed E-state index contributed by atoms with van der Waals surface area (Å²) in [4.78, 5) is 4.76. The molecule has 1 aromatic carbocycles. The molecule has 1 saturated carbocycles. The first-order chi connectivity index (χ1) is 11.6. The first-order valence-corrected chi connectivity index (χ1v) is 9.65. The van der Waals surface area contributed by atoms with Crippen molar-refractivity contribution in [2.24, 2.45) is 17.8 Å². The Morgan fingerprint density at radius 2 is 2.04 bits per heavy atom. The van der Waals surface area contributed by atoms with Crippen LogP contribution in [-0.2, 0) is 17.7 Å². The van der Waals surface area contributed by atoms with Crippen molar-refractivity contribution in [1.29, 1.82) is 0 Å². The van der Waals surface area contributed by atoms with Gasteiger partial charge in [0.1, 0.15) is 5.82 Å². The standard InChI is InChI=1S/C21H32N2O/c1-5-21-22-18-8-6-7-9-19(18)23(21)12-13-24-20-14-16(4)10-11-17(20)15(2)3/h6-9,15-17,20H,5,10-14H2,1-4H3. The van der Waals surface area contributed by atoms with E-state index in [1.54, 1.807) is 0 Å². The molecule has 0 aliphatic heterocycles. The third kappa shape index (κ3) is 3.66. The van der Waals surface area contributed by atoms with Crippen LogP contribution in [0.4, 0.5) is 0 Å². The minimum absolute atomic E-state index is 0.425. The molecule has 0 amide bonds. The van der Waals surface area contributed by atoms with Crippen molar-refractivity contribution in [3.63, 3.8) is 0 Å². The Morgan fingerprint density at radius 3 is 2.79 bits per heavy atom. The molecular weight excluding hydrogens is 296 g/mol. The van der Waals surface area contributed by atoms with E-state index >= 15 is 0 Å². The second-order valence-electron chi connectivity index (χ2n) is 7.76. The Hall–Kier alpha value is -1.35. The van der Waals surface area contributed by atoms with Crippen molar-refractivity contribution >= 4 is 11.0 Å². The number of fused-ring (bicyclic) bond motifs is 1. The first kappa shape index (κ1) is 17.5. The molecule has 1 aliphatic carbocycles. The molecule has 3 heteroatoms. The zero-order valence-electron chi connectivity index (χ0n) is 15.7. The zero-order chi connectivity index (χ0) is 17.1. The minimum atomic E-state index is 0.425. The number of benzene rings is 1. The highest BCUT2D eigenvalue weighted by atomic mass is 16.5. The van der Waals surface area contributed by atoms with Gasteiger partial charge in [-0.1, -0.05) is 46.2 Å². The molecule has 0 radical (unpaired) electrons. The quantitative estimate of drug-likeness (QED) is 0.739. The summed E-state index contributed by atoms with van der Waals surface area (Å²) in [6, 6.07) is 8.43. The lowest BCUT2D eigenvalue weighted by Crippen LogP contribution is -2.35. The highest BCUT2D eigenvalue weighted by molar-refractivity contribution is 5.75. The number of aryl methyl sites for hydroxylation is 1. The predicted molar refractivity (Wildman–Crippen MR) is 100 cm³/mol. The van der Waals surface area contributed by atoms with Gasteiger partial charge in [-0.25, -0.2) is 4.98 Å². The zero-order valence-corrected chi connectivity index (χ0v) is 15.7. The maximum absolute atomic E-state index is 6.40. The Labute approximate surface area is 146 Å². The van der Waals surface area contributed by atoms with Crippen molar-refractivity contribution < 1.29 is 4.74 Å². The van der Waals surface area contributed by atoms with Gasteiger partial charge in [0, 0.05) is 13.0 Å². The number of hydrogen-bond donors (Lipinski definition) is 0. The molecule has 1 fully saturated rings. The Morgan fingerprint density at radius 1 is 1.25 bits per heavy atom. The third-order valence-electron chi connectivity index (χ3n) is 5.66. The molecule has 1 heterocycles. The molecule has 132 valence electrons. The monoisotopic (exact) mass is 328 g/mol. The van der Waals surface area contributed by atoms with Gasteiger partial charge in [0.25, 0.3) is 0 Å². The van der Waals surface area contributed by atoms with E-state index in [2.05, 4.69) is 56.5 Å². The summed E-state index contributed by atoms with van der Waals surface area (Å²) in [5.41, 5.74) is 2.33. The molecule has 0 spiro atoms. The van der Waals surface area contributed by atoms with Crippen molar-refractivity contribution in [2.45, 2.75) is 66.0 Å². The second kappa shape index (κ2) is 7.69. The lowest BCUT2D eigenvalue weighted by molar-refractivity contribution is -0.0407. The Balaban J connectivity index is 1.67. The Bertz CT molecular complexity index is 661. The Kier molecular flexibility index (Phi) is 5.60. The van der Waals surface area contributed by atoms with Crippen molar-refractivity contribution in [2.75, 3.05) is 6.61 Å². The van der Waals surface area contributed by atoms with Crippen LogP contribution in [0.5, 0.6) is 0 Å². The van der Waals surface area contributed by atoms with Crippen LogP contribution in [0.2, 0.25) is 0 Å². The van der Waals surface area contributed by atoms with E-state index in [1.807, 2.05) is 0 Å². The van der Waals surface area contributed by atoms with Gasteiger partial charge in [-0.05, 0) is 42.7 Å². The smallest absolute Gasteiger partial charge is 0.109 e. The van der Waals surface area contributed by atoms with E-state index in [4.69, 9.17) is 9.72 Å². The van der Waals surface area contributed by atoms with Crippen molar-refractivity contribution in [3.05, 3.63) is 30.1 Å². The van der Waals surface area contributed by atoms with E-state index in [0.717, 1.165) is 36.8 Å². The van der Waals surface area contributed by atoms with Gasteiger partial charge in [-0.15, -0.1) is 0 Å². The van der Waals surface area contributed by atoms with Gasteiger partial charge < -0.3 is 9.30 Å². The van der Waals surface area contributed by atoms with Gasteiger partial charge in [0.2, 0.25) is 0 Å². The molecule has 2 aromatic rings. The van der Waals surface area contributed by atoms with Crippen LogP contribution in [-0.4, -0.2) is 22.3 Å². The molecule has 3 atom stereocenters. The van der Waals surface area contributed by atoms with Gasteiger partial charge in [-0.3, -0.25) is 0 Å². The summed E-state index contributed by atoms with van der Waals surface area (Å²) in [6.45, 7) is 10.9. The summed E-state index contributed by atoms with van der Waals surface area (Å²) >= 11 is 0. The summed E-state index contributed by atoms with van der Waals surface area (Å²) < 4.78 is 8.74. The molecular formula is C21H32N2O. The fraction of sp³-hybridized carbons (Fsp3) is 0.667. The highest BCUT2D eigenvalue weighted by Gasteiger charge is 2.31. The molecule has 3 nitrogen and oxygen atoms in total. The average molecular weight is 329 g/mol. The van der Waals surface area contributed by atoms with E-state index < -0.39 is 0 Å². The number of imidazole rings is 1. The van der Waals surface area contributed by atoms with Crippen LogP contribution in [0, 0.1) is 17.8 Å².